The predicted octanol–water partition coefficient (Wildman–Crippen LogP) is 3.90. The van der Waals surface area contributed by atoms with Crippen LogP contribution in [0.3, 0.4) is 0 Å². The van der Waals surface area contributed by atoms with Gasteiger partial charge in [-0.05, 0) is 38.1 Å². The highest BCUT2D eigenvalue weighted by Gasteiger charge is 2.29. The molecule has 0 amide bonds. The summed E-state index contributed by atoms with van der Waals surface area (Å²) < 4.78 is 1.90. The van der Waals surface area contributed by atoms with Gasteiger partial charge in [0.05, 0.1) is 17.8 Å². The van der Waals surface area contributed by atoms with Gasteiger partial charge in [0.25, 0.3) is 0 Å². The highest BCUT2D eigenvalue weighted by atomic mass is 35.5. The number of aliphatic imine (C=N–C) groups is 1. The molecule has 1 N–H and O–H groups in total. The smallest absolute Gasteiger partial charge is 0.306 e. The van der Waals surface area contributed by atoms with E-state index in [2.05, 4.69) is 16.3 Å². The van der Waals surface area contributed by atoms with Crippen molar-refractivity contribution in [2.24, 2.45) is 4.99 Å². The molecule has 136 valence electrons. The number of benzene rings is 2. The number of carboxylic acids is 1. The van der Waals surface area contributed by atoms with Crippen LogP contribution in [0.15, 0.2) is 47.5 Å². The van der Waals surface area contributed by atoms with E-state index in [0.29, 0.717) is 16.7 Å². The van der Waals surface area contributed by atoms with Crippen molar-refractivity contribution in [2.45, 2.75) is 26.3 Å². The molecule has 6 nitrogen and oxygen atoms in total. The van der Waals surface area contributed by atoms with Gasteiger partial charge in [-0.25, -0.2) is 0 Å². The number of nitrogens with zero attached hydrogens (tertiary/aromatic N) is 4. The number of hydrogen-bond donors (Lipinski definition) is 1. The van der Waals surface area contributed by atoms with Crippen LogP contribution >= 0.6 is 11.6 Å². The summed E-state index contributed by atoms with van der Waals surface area (Å²) >= 11 is 6.04. The van der Waals surface area contributed by atoms with Crippen molar-refractivity contribution in [2.75, 3.05) is 0 Å². The van der Waals surface area contributed by atoms with Gasteiger partial charge in [-0.15, -0.1) is 10.2 Å². The summed E-state index contributed by atoms with van der Waals surface area (Å²) in [5.41, 5.74) is 4.48. The molecular formula is C20H17ClN4O2. The number of hydrogen-bond acceptors (Lipinski definition) is 4. The zero-order chi connectivity index (χ0) is 19.1. The Morgan fingerprint density at radius 3 is 2.59 bits per heavy atom. The maximum Gasteiger partial charge on any atom is 0.306 e. The lowest BCUT2D eigenvalue weighted by molar-refractivity contribution is -0.137. The molecule has 1 aliphatic rings. The first-order chi connectivity index (χ1) is 12.9. The normalized spacial score (nSPS) is 15.5. The summed E-state index contributed by atoms with van der Waals surface area (Å²) in [6, 6.07) is 12.8. The lowest BCUT2D eigenvalue weighted by Gasteiger charge is -2.13. The van der Waals surface area contributed by atoms with E-state index in [1.54, 1.807) is 12.1 Å². The molecule has 1 atom stereocenters. The fraction of sp³-hybridized carbons (Fsp3) is 0.200. The quantitative estimate of drug-likeness (QED) is 0.747. The van der Waals surface area contributed by atoms with E-state index in [4.69, 9.17) is 16.6 Å². The lowest BCUT2D eigenvalue weighted by Crippen LogP contribution is -2.10. The number of rotatable bonds is 3. The maximum atomic E-state index is 11.5. The third kappa shape index (κ3) is 3.13. The van der Waals surface area contributed by atoms with E-state index in [9.17, 15) is 9.90 Å². The van der Waals surface area contributed by atoms with Crippen molar-refractivity contribution >= 4 is 23.3 Å². The molecule has 2 aromatic carbocycles. The van der Waals surface area contributed by atoms with Crippen molar-refractivity contribution in [1.82, 2.24) is 14.8 Å². The third-order valence-corrected chi connectivity index (χ3v) is 4.82. The molecule has 4 rings (SSSR count). The van der Waals surface area contributed by atoms with E-state index >= 15 is 0 Å². The van der Waals surface area contributed by atoms with E-state index in [0.717, 1.165) is 28.1 Å². The zero-order valence-corrected chi connectivity index (χ0v) is 15.6. The Balaban J connectivity index is 2.02. The number of halogens is 1. The van der Waals surface area contributed by atoms with Crippen LogP contribution < -0.4 is 0 Å². The molecule has 0 radical (unpaired) electrons. The minimum absolute atomic E-state index is 0.164. The number of fused-ring (bicyclic) bond motifs is 3. The third-order valence-electron chi connectivity index (χ3n) is 4.57. The monoisotopic (exact) mass is 380 g/mol. The first-order valence-electron chi connectivity index (χ1n) is 8.53. The van der Waals surface area contributed by atoms with Crippen LogP contribution in [-0.4, -0.2) is 31.6 Å². The molecule has 1 aromatic heterocycles. The van der Waals surface area contributed by atoms with Crippen molar-refractivity contribution in [3.8, 4) is 5.69 Å². The number of aryl methyl sites for hydroxylation is 2. The second kappa shape index (κ2) is 6.63. The van der Waals surface area contributed by atoms with Crippen molar-refractivity contribution in [3.63, 3.8) is 0 Å². The van der Waals surface area contributed by atoms with Crippen LogP contribution in [0.2, 0.25) is 5.02 Å². The van der Waals surface area contributed by atoms with Crippen LogP contribution in [0.1, 0.15) is 40.8 Å². The second-order valence-corrected chi connectivity index (χ2v) is 7.00. The molecule has 0 fully saturated rings. The summed E-state index contributed by atoms with van der Waals surface area (Å²) in [6.07, 6.45) is -0.164. The number of carbonyl (C=O) groups is 1. The van der Waals surface area contributed by atoms with Gasteiger partial charge in [0, 0.05) is 16.1 Å². The standard InChI is InChI=1S/C20H17ClN4O2/c1-11-3-8-17-15(9-11)19(13-4-6-14(21)7-5-13)22-16(10-18(26)27)20-24-23-12(2)25(17)20/h3-9,16H,10H2,1-2H3,(H,26,27)/t16-/m0/s1. The number of aromatic nitrogens is 3. The van der Waals surface area contributed by atoms with Crippen molar-refractivity contribution < 1.29 is 9.90 Å². The van der Waals surface area contributed by atoms with Crippen LogP contribution in [0.5, 0.6) is 0 Å². The fourth-order valence-corrected chi connectivity index (χ4v) is 3.48. The van der Waals surface area contributed by atoms with E-state index in [1.807, 2.05) is 42.7 Å². The summed E-state index contributed by atoms with van der Waals surface area (Å²) in [6.45, 7) is 3.87. The highest BCUT2D eigenvalue weighted by molar-refractivity contribution is 6.30. The average molecular weight is 381 g/mol. The van der Waals surface area contributed by atoms with Gasteiger partial charge in [-0.1, -0.05) is 35.4 Å². The molecule has 0 aliphatic carbocycles. The molecule has 7 heteroatoms. The summed E-state index contributed by atoms with van der Waals surface area (Å²) in [5.74, 6) is 0.288. The van der Waals surface area contributed by atoms with Gasteiger partial charge >= 0.3 is 5.97 Å². The predicted molar refractivity (Wildman–Crippen MR) is 103 cm³/mol. The molecule has 2 heterocycles. The molecule has 0 bridgehead atoms. The second-order valence-electron chi connectivity index (χ2n) is 6.56. The molecular weight excluding hydrogens is 364 g/mol. The zero-order valence-electron chi connectivity index (χ0n) is 14.8. The van der Waals surface area contributed by atoms with Crippen LogP contribution in [0, 0.1) is 13.8 Å². The SMILES string of the molecule is Cc1ccc2c(c1)C(c1ccc(Cl)cc1)=N[C@@H](CC(=O)O)c1nnc(C)n1-2. The first-order valence-corrected chi connectivity index (χ1v) is 8.90. The van der Waals surface area contributed by atoms with E-state index in [1.165, 1.54) is 0 Å². The topological polar surface area (TPSA) is 80.4 Å². The molecule has 0 saturated carbocycles. The van der Waals surface area contributed by atoms with Gasteiger partial charge in [-0.3, -0.25) is 14.4 Å². The minimum Gasteiger partial charge on any atom is -0.481 e. The van der Waals surface area contributed by atoms with E-state index < -0.39 is 12.0 Å². The Hall–Kier alpha value is -2.99. The highest BCUT2D eigenvalue weighted by Crippen LogP contribution is 2.33. The summed E-state index contributed by atoms with van der Waals surface area (Å²) in [7, 11) is 0. The van der Waals surface area contributed by atoms with E-state index in [-0.39, 0.29) is 6.42 Å². The van der Waals surface area contributed by atoms with Crippen LogP contribution in [0.4, 0.5) is 0 Å². The van der Waals surface area contributed by atoms with Crippen molar-refractivity contribution in [3.05, 3.63) is 75.8 Å². The fourth-order valence-electron chi connectivity index (χ4n) is 3.35. The molecule has 0 spiro atoms. The largest absolute Gasteiger partial charge is 0.481 e. The van der Waals surface area contributed by atoms with Crippen molar-refractivity contribution in [1.29, 1.82) is 0 Å². The van der Waals surface area contributed by atoms with Gasteiger partial charge in [0.15, 0.2) is 5.82 Å². The molecule has 27 heavy (non-hydrogen) atoms. The van der Waals surface area contributed by atoms with Gasteiger partial charge in [0.1, 0.15) is 11.9 Å². The molecule has 0 saturated heterocycles. The Morgan fingerprint density at radius 2 is 1.89 bits per heavy atom. The Labute approximate surface area is 161 Å². The number of aliphatic carboxylic acids is 1. The minimum atomic E-state index is -0.937. The molecule has 0 unspecified atom stereocenters. The Morgan fingerprint density at radius 1 is 1.15 bits per heavy atom. The average Bonchev–Trinajstić information content (AvgIpc) is 2.94. The summed E-state index contributed by atoms with van der Waals surface area (Å²) in [4.78, 5) is 16.3. The number of carboxylic acid groups (broad SMARTS) is 1. The van der Waals surface area contributed by atoms with Gasteiger partial charge in [0.2, 0.25) is 0 Å². The summed E-state index contributed by atoms with van der Waals surface area (Å²) in [5, 5.41) is 18.4. The first kappa shape index (κ1) is 17.4. The van der Waals surface area contributed by atoms with Crippen LogP contribution in [-0.2, 0) is 4.79 Å². The maximum absolute atomic E-state index is 11.5. The Kier molecular flexibility index (Phi) is 4.28. The van der Waals surface area contributed by atoms with Gasteiger partial charge in [-0.2, -0.15) is 0 Å². The van der Waals surface area contributed by atoms with Gasteiger partial charge < -0.3 is 5.11 Å². The lowest BCUT2D eigenvalue weighted by atomic mass is 9.98. The van der Waals surface area contributed by atoms with Crippen LogP contribution in [0.25, 0.3) is 5.69 Å². The molecule has 3 aromatic rings. The Bertz CT molecular complexity index is 1070. The molecule has 1 aliphatic heterocycles.